The standard InChI is InChI=1S/C12H17NS/c1-3-11(13-4-2)7-5-8-12-9-6-10-14-12/h1,6,9-11,13H,4-5,7-8H2,2H3. The lowest BCUT2D eigenvalue weighted by Crippen LogP contribution is -2.27. The molecule has 1 heterocycles. The van der Waals surface area contributed by atoms with E-state index in [1.54, 1.807) is 0 Å². The Kier molecular flexibility index (Phi) is 5.36. The summed E-state index contributed by atoms with van der Waals surface area (Å²) in [5.74, 6) is 2.78. The summed E-state index contributed by atoms with van der Waals surface area (Å²) in [4.78, 5) is 1.46. The van der Waals surface area contributed by atoms with Crippen LogP contribution in [0.25, 0.3) is 0 Å². The summed E-state index contributed by atoms with van der Waals surface area (Å²) in [5, 5.41) is 5.40. The molecule has 0 bridgehead atoms. The van der Waals surface area contributed by atoms with Gasteiger partial charge in [0.25, 0.3) is 0 Å². The topological polar surface area (TPSA) is 12.0 Å². The van der Waals surface area contributed by atoms with Gasteiger partial charge >= 0.3 is 0 Å². The molecule has 0 aliphatic rings. The molecule has 1 N–H and O–H groups in total. The van der Waals surface area contributed by atoms with Gasteiger partial charge < -0.3 is 5.32 Å². The van der Waals surface area contributed by atoms with Gasteiger partial charge in [-0.25, -0.2) is 0 Å². The normalized spacial score (nSPS) is 12.3. The van der Waals surface area contributed by atoms with Crippen LogP contribution in [0.2, 0.25) is 0 Å². The van der Waals surface area contributed by atoms with Gasteiger partial charge in [-0.1, -0.05) is 18.9 Å². The van der Waals surface area contributed by atoms with Crippen LogP contribution >= 0.6 is 11.3 Å². The minimum Gasteiger partial charge on any atom is -0.304 e. The van der Waals surface area contributed by atoms with Crippen LogP contribution in [0.15, 0.2) is 17.5 Å². The zero-order chi connectivity index (χ0) is 10.2. The summed E-state index contributed by atoms with van der Waals surface area (Å²) in [6, 6.07) is 4.53. The predicted octanol–water partition coefficient (Wildman–Crippen LogP) is 2.68. The molecule has 1 aromatic rings. The molecule has 0 spiro atoms. The minimum absolute atomic E-state index is 0.250. The Morgan fingerprint density at radius 1 is 1.64 bits per heavy atom. The second kappa shape index (κ2) is 6.64. The van der Waals surface area contributed by atoms with Gasteiger partial charge in [0.05, 0.1) is 6.04 Å². The summed E-state index contributed by atoms with van der Waals surface area (Å²) in [5.41, 5.74) is 0. The second-order valence-corrected chi connectivity index (χ2v) is 4.28. The van der Waals surface area contributed by atoms with Gasteiger partial charge in [0, 0.05) is 4.88 Å². The molecule has 0 amide bonds. The van der Waals surface area contributed by atoms with Gasteiger partial charge in [-0.2, -0.15) is 0 Å². The number of terminal acetylenes is 1. The van der Waals surface area contributed by atoms with Crippen LogP contribution in [-0.4, -0.2) is 12.6 Å². The van der Waals surface area contributed by atoms with Crippen molar-refractivity contribution in [3.8, 4) is 12.3 Å². The Bertz CT molecular complexity index is 271. The molecular weight excluding hydrogens is 190 g/mol. The van der Waals surface area contributed by atoms with Crippen molar-refractivity contribution in [3.63, 3.8) is 0 Å². The number of aryl methyl sites for hydroxylation is 1. The van der Waals surface area contributed by atoms with Crippen LogP contribution in [0.1, 0.15) is 24.6 Å². The first-order valence-electron chi connectivity index (χ1n) is 5.08. The van der Waals surface area contributed by atoms with Crippen molar-refractivity contribution in [1.82, 2.24) is 5.32 Å². The molecule has 0 fully saturated rings. The van der Waals surface area contributed by atoms with E-state index < -0.39 is 0 Å². The van der Waals surface area contributed by atoms with Gasteiger partial charge in [0.15, 0.2) is 0 Å². The number of rotatable bonds is 6. The van der Waals surface area contributed by atoms with Gasteiger partial charge in [-0.3, -0.25) is 0 Å². The highest BCUT2D eigenvalue weighted by Crippen LogP contribution is 2.12. The molecule has 0 saturated heterocycles. The summed E-state index contributed by atoms with van der Waals surface area (Å²) >= 11 is 1.82. The van der Waals surface area contributed by atoms with E-state index in [4.69, 9.17) is 6.42 Å². The van der Waals surface area contributed by atoms with E-state index in [1.165, 1.54) is 11.3 Å². The van der Waals surface area contributed by atoms with E-state index in [0.717, 1.165) is 19.4 Å². The minimum atomic E-state index is 0.250. The van der Waals surface area contributed by atoms with Crippen LogP contribution in [0.5, 0.6) is 0 Å². The largest absolute Gasteiger partial charge is 0.304 e. The smallest absolute Gasteiger partial charge is 0.0686 e. The van der Waals surface area contributed by atoms with Crippen molar-refractivity contribution < 1.29 is 0 Å². The van der Waals surface area contributed by atoms with E-state index >= 15 is 0 Å². The molecule has 1 unspecified atom stereocenters. The Balaban J connectivity index is 2.17. The molecule has 1 atom stereocenters. The fraction of sp³-hybridized carbons (Fsp3) is 0.500. The molecule has 14 heavy (non-hydrogen) atoms. The summed E-state index contributed by atoms with van der Waals surface area (Å²) < 4.78 is 0. The molecule has 0 aliphatic carbocycles. The lowest BCUT2D eigenvalue weighted by Gasteiger charge is -2.10. The first-order chi connectivity index (χ1) is 6.86. The first kappa shape index (κ1) is 11.3. The number of nitrogens with one attached hydrogen (secondary N) is 1. The zero-order valence-electron chi connectivity index (χ0n) is 8.62. The lowest BCUT2D eigenvalue weighted by atomic mass is 10.1. The van der Waals surface area contributed by atoms with Crippen molar-refractivity contribution in [2.75, 3.05) is 6.54 Å². The fourth-order valence-electron chi connectivity index (χ4n) is 1.43. The van der Waals surface area contributed by atoms with Gasteiger partial charge in [-0.15, -0.1) is 17.8 Å². The molecule has 1 aromatic heterocycles. The second-order valence-electron chi connectivity index (χ2n) is 3.25. The molecule has 2 heteroatoms. The molecule has 0 radical (unpaired) electrons. The highest BCUT2D eigenvalue weighted by atomic mass is 32.1. The zero-order valence-corrected chi connectivity index (χ0v) is 9.44. The van der Waals surface area contributed by atoms with E-state index in [0.29, 0.717) is 0 Å². The monoisotopic (exact) mass is 207 g/mol. The van der Waals surface area contributed by atoms with Crippen LogP contribution in [0.3, 0.4) is 0 Å². The molecule has 0 aromatic carbocycles. The maximum atomic E-state index is 5.41. The summed E-state index contributed by atoms with van der Waals surface area (Å²) in [6.07, 6.45) is 8.80. The third kappa shape index (κ3) is 3.95. The van der Waals surface area contributed by atoms with Crippen LogP contribution < -0.4 is 5.32 Å². The van der Waals surface area contributed by atoms with Crippen molar-refractivity contribution in [2.24, 2.45) is 0 Å². The number of hydrogen-bond acceptors (Lipinski definition) is 2. The average molecular weight is 207 g/mol. The quantitative estimate of drug-likeness (QED) is 0.707. The highest BCUT2D eigenvalue weighted by Gasteiger charge is 2.02. The van der Waals surface area contributed by atoms with E-state index in [9.17, 15) is 0 Å². The van der Waals surface area contributed by atoms with Crippen molar-refractivity contribution >= 4 is 11.3 Å². The summed E-state index contributed by atoms with van der Waals surface area (Å²) in [6.45, 7) is 3.04. The molecule has 1 nitrogen and oxygen atoms in total. The van der Waals surface area contributed by atoms with E-state index in [2.05, 4.69) is 35.7 Å². The third-order valence-corrected chi connectivity index (χ3v) is 3.08. The van der Waals surface area contributed by atoms with Crippen LogP contribution in [0, 0.1) is 12.3 Å². The Morgan fingerprint density at radius 3 is 3.07 bits per heavy atom. The first-order valence-corrected chi connectivity index (χ1v) is 5.96. The van der Waals surface area contributed by atoms with Gasteiger partial charge in [-0.05, 0) is 37.3 Å². The Morgan fingerprint density at radius 2 is 2.50 bits per heavy atom. The van der Waals surface area contributed by atoms with Crippen molar-refractivity contribution in [1.29, 1.82) is 0 Å². The molecule has 0 saturated carbocycles. The fourth-order valence-corrected chi connectivity index (χ4v) is 2.18. The molecule has 1 rings (SSSR count). The van der Waals surface area contributed by atoms with Crippen LogP contribution in [-0.2, 0) is 6.42 Å². The summed E-state index contributed by atoms with van der Waals surface area (Å²) in [7, 11) is 0. The van der Waals surface area contributed by atoms with Crippen molar-refractivity contribution in [2.45, 2.75) is 32.2 Å². The Labute approximate surface area is 90.5 Å². The van der Waals surface area contributed by atoms with Crippen molar-refractivity contribution in [3.05, 3.63) is 22.4 Å². The van der Waals surface area contributed by atoms with E-state index in [-0.39, 0.29) is 6.04 Å². The lowest BCUT2D eigenvalue weighted by molar-refractivity contribution is 0.567. The molecule has 0 aliphatic heterocycles. The highest BCUT2D eigenvalue weighted by molar-refractivity contribution is 7.09. The maximum Gasteiger partial charge on any atom is 0.0686 e. The van der Waals surface area contributed by atoms with Gasteiger partial charge in [0.1, 0.15) is 0 Å². The number of thiophene rings is 1. The SMILES string of the molecule is C#CC(CCCc1cccs1)NCC. The van der Waals surface area contributed by atoms with Crippen LogP contribution in [0.4, 0.5) is 0 Å². The van der Waals surface area contributed by atoms with Gasteiger partial charge in [0.2, 0.25) is 0 Å². The predicted molar refractivity (Wildman–Crippen MR) is 63.6 cm³/mol. The van der Waals surface area contributed by atoms with E-state index in [1.807, 2.05) is 11.3 Å². The average Bonchev–Trinajstić information content (AvgIpc) is 2.69. The maximum absolute atomic E-state index is 5.41. The molecule has 76 valence electrons. The Hall–Kier alpha value is -0.780. The third-order valence-electron chi connectivity index (χ3n) is 2.15. The molecular formula is C12H17NS. The number of hydrogen-bond donors (Lipinski definition) is 1.